The number of aromatic nitrogens is 1. The van der Waals surface area contributed by atoms with Crippen molar-refractivity contribution < 1.29 is 9.59 Å². The van der Waals surface area contributed by atoms with Gasteiger partial charge in [0.2, 0.25) is 11.8 Å². The standard InChI is InChI=1S/C14H21N3O2S/c1-5-14(6-2)7-11(18)17(12(14)19)13-16-10(8-20-13)9(3)15-4/h8-9,15H,5-7H2,1-4H3. The van der Waals surface area contributed by atoms with Crippen LogP contribution in [0.3, 0.4) is 0 Å². The van der Waals surface area contributed by atoms with Crippen LogP contribution < -0.4 is 10.2 Å². The first-order valence-corrected chi connectivity index (χ1v) is 7.87. The molecule has 1 fully saturated rings. The Morgan fingerprint density at radius 2 is 2.10 bits per heavy atom. The number of thiazole rings is 1. The third-order valence-corrected chi connectivity index (χ3v) is 5.17. The van der Waals surface area contributed by atoms with Gasteiger partial charge in [0, 0.05) is 17.8 Å². The van der Waals surface area contributed by atoms with Crippen molar-refractivity contribution in [2.75, 3.05) is 11.9 Å². The van der Waals surface area contributed by atoms with Gasteiger partial charge in [-0.15, -0.1) is 11.3 Å². The van der Waals surface area contributed by atoms with Gasteiger partial charge in [0.05, 0.1) is 11.1 Å². The zero-order valence-corrected chi connectivity index (χ0v) is 13.2. The van der Waals surface area contributed by atoms with E-state index in [0.29, 0.717) is 24.4 Å². The summed E-state index contributed by atoms with van der Waals surface area (Å²) < 4.78 is 0. The lowest BCUT2D eigenvalue weighted by Crippen LogP contribution is -2.35. The van der Waals surface area contributed by atoms with Gasteiger partial charge >= 0.3 is 0 Å². The van der Waals surface area contributed by atoms with E-state index in [2.05, 4.69) is 10.3 Å². The molecular formula is C14H21N3O2S. The summed E-state index contributed by atoms with van der Waals surface area (Å²) in [4.78, 5) is 30.5. The molecule has 110 valence electrons. The number of rotatable bonds is 5. The van der Waals surface area contributed by atoms with Crippen LogP contribution in [-0.4, -0.2) is 23.8 Å². The Labute approximate surface area is 123 Å². The maximum Gasteiger partial charge on any atom is 0.242 e. The maximum atomic E-state index is 12.6. The molecule has 1 unspecified atom stereocenters. The van der Waals surface area contributed by atoms with Gasteiger partial charge in [-0.3, -0.25) is 9.59 Å². The number of hydrogen-bond donors (Lipinski definition) is 1. The number of nitrogens with zero attached hydrogens (tertiary/aromatic N) is 2. The van der Waals surface area contributed by atoms with Gasteiger partial charge in [0.1, 0.15) is 0 Å². The van der Waals surface area contributed by atoms with E-state index in [-0.39, 0.29) is 17.9 Å². The summed E-state index contributed by atoms with van der Waals surface area (Å²) in [6, 6.07) is 0.106. The molecule has 0 spiro atoms. The summed E-state index contributed by atoms with van der Waals surface area (Å²) in [5, 5.41) is 5.50. The van der Waals surface area contributed by atoms with Gasteiger partial charge < -0.3 is 5.32 Å². The first kappa shape index (κ1) is 15.1. The first-order valence-electron chi connectivity index (χ1n) is 6.99. The van der Waals surface area contributed by atoms with E-state index in [0.717, 1.165) is 5.69 Å². The van der Waals surface area contributed by atoms with E-state index in [1.165, 1.54) is 16.2 Å². The summed E-state index contributed by atoms with van der Waals surface area (Å²) in [5.74, 6) is -0.220. The van der Waals surface area contributed by atoms with E-state index in [4.69, 9.17) is 0 Å². The van der Waals surface area contributed by atoms with E-state index < -0.39 is 5.41 Å². The number of hydrogen-bond acceptors (Lipinski definition) is 5. The molecule has 0 aliphatic carbocycles. The highest BCUT2D eigenvalue weighted by atomic mass is 32.1. The molecule has 1 aliphatic rings. The monoisotopic (exact) mass is 295 g/mol. The van der Waals surface area contributed by atoms with E-state index in [1.54, 1.807) is 0 Å². The predicted molar refractivity (Wildman–Crippen MR) is 79.7 cm³/mol. The van der Waals surface area contributed by atoms with Crippen molar-refractivity contribution in [2.24, 2.45) is 5.41 Å². The normalized spacial score (nSPS) is 19.7. The van der Waals surface area contributed by atoms with Gasteiger partial charge in [-0.25, -0.2) is 9.88 Å². The minimum absolute atomic E-state index is 0.0921. The van der Waals surface area contributed by atoms with Gasteiger partial charge in [-0.05, 0) is 26.8 Å². The highest BCUT2D eigenvalue weighted by Gasteiger charge is 2.50. The number of nitrogens with one attached hydrogen (secondary N) is 1. The lowest BCUT2D eigenvalue weighted by atomic mass is 9.81. The molecule has 0 bridgehead atoms. The largest absolute Gasteiger partial charge is 0.312 e. The zero-order chi connectivity index (χ0) is 14.9. The molecule has 1 atom stereocenters. The predicted octanol–water partition coefficient (Wildman–Crippen LogP) is 2.49. The Hall–Kier alpha value is -1.27. The molecular weight excluding hydrogens is 274 g/mol. The van der Waals surface area contributed by atoms with Crippen LogP contribution in [0.1, 0.15) is 51.8 Å². The van der Waals surface area contributed by atoms with Gasteiger partial charge in [-0.2, -0.15) is 0 Å². The average molecular weight is 295 g/mol. The molecule has 2 rings (SSSR count). The van der Waals surface area contributed by atoms with E-state index in [1.807, 2.05) is 33.2 Å². The quantitative estimate of drug-likeness (QED) is 0.848. The fourth-order valence-electron chi connectivity index (χ4n) is 2.52. The summed E-state index contributed by atoms with van der Waals surface area (Å²) in [6.45, 7) is 5.93. The molecule has 6 heteroatoms. The Balaban J connectivity index is 2.31. The lowest BCUT2D eigenvalue weighted by molar-refractivity contribution is -0.126. The molecule has 1 aromatic heterocycles. The second-order valence-electron chi connectivity index (χ2n) is 5.26. The van der Waals surface area contributed by atoms with Crippen LogP contribution in [0.25, 0.3) is 0 Å². The molecule has 0 radical (unpaired) electrons. The zero-order valence-electron chi connectivity index (χ0n) is 12.4. The third kappa shape index (κ3) is 2.27. The lowest BCUT2D eigenvalue weighted by Gasteiger charge is -2.22. The highest BCUT2D eigenvalue weighted by Crippen LogP contribution is 2.42. The molecule has 5 nitrogen and oxygen atoms in total. The number of amides is 2. The molecule has 1 aliphatic heterocycles. The Morgan fingerprint density at radius 1 is 1.45 bits per heavy atom. The van der Waals surface area contributed by atoms with E-state index in [9.17, 15) is 9.59 Å². The summed E-state index contributed by atoms with van der Waals surface area (Å²) in [7, 11) is 1.86. The van der Waals surface area contributed by atoms with Gasteiger partial charge in [-0.1, -0.05) is 13.8 Å². The Bertz CT molecular complexity index is 522. The van der Waals surface area contributed by atoms with Crippen molar-refractivity contribution in [3.8, 4) is 0 Å². The van der Waals surface area contributed by atoms with Crippen LogP contribution >= 0.6 is 11.3 Å². The summed E-state index contributed by atoms with van der Waals surface area (Å²) >= 11 is 1.35. The smallest absolute Gasteiger partial charge is 0.242 e. The second-order valence-corrected chi connectivity index (χ2v) is 6.10. The molecule has 20 heavy (non-hydrogen) atoms. The molecule has 0 saturated carbocycles. The fraction of sp³-hybridized carbons (Fsp3) is 0.643. The number of imide groups is 1. The van der Waals surface area contributed by atoms with E-state index >= 15 is 0 Å². The summed E-state index contributed by atoms with van der Waals surface area (Å²) in [6.07, 6.45) is 1.68. The van der Waals surface area contributed by atoms with Crippen molar-refractivity contribution in [3.63, 3.8) is 0 Å². The number of carbonyl (C=O) groups is 2. The van der Waals surface area contributed by atoms with Crippen LogP contribution in [0.15, 0.2) is 5.38 Å². The molecule has 1 saturated heterocycles. The topological polar surface area (TPSA) is 62.3 Å². The van der Waals surface area contributed by atoms with Crippen LogP contribution in [-0.2, 0) is 9.59 Å². The number of carbonyl (C=O) groups excluding carboxylic acids is 2. The van der Waals surface area contributed by atoms with Gasteiger partial charge in [0.15, 0.2) is 5.13 Å². The first-order chi connectivity index (χ1) is 9.49. The molecule has 1 N–H and O–H groups in total. The number of anilines is 1. The Morgan fingerprint density at radius 3 is 2.60 bits per heavy atom. The maximum absolute atomic E-state index is 12.6. The van der Waals surface area contributed by atoms with Crippen LogP contribution in [0, 0.1) is 5.41 Å². The van der Waals surface area contributed by atoms with Crippen molar-refractivity contribution >= 4 is 28.3 Å². The van der Waals surface area contributed by atoms with Crippen molar-refractivity contribution in [2.45, 2.75) is 46.1 Å². The molecule has 2 amide bonds. The Kier molecular flexibility index (Phi) is 4.25. The van der Waals surface area contributed by atoms with Crippen LogP contribution in [0.2, 0.25) is 0 Å². The third-order valence-electron chi connectivity index (χ3n) is 4.33. The average Bonchev–Trinajstić information content (AvgIpc) is 3.01. The minimum Gasteiger partial charge on any atom is -0.312 e. The van der Waals surface area contributed by atoms with Crippen LogP contribution in [0.5, 0.6) is 0 Å². The SMILES string of the molecule is CCC1(CC)CC(=O)N(c2nc(C(C)NC)cs2)C1=O. The molecule has 2 heterocycles. The summed E-state index contributed by atoms with van der Waals surface area (Å²) in [5.41, 5.74) is 0.330. The van der Waals surface area contributed by atoms with Crippen molar-refractivity contribution in [3.05, 3.63) is 11.1 Å². The molecule has 1 aromatic rings. The molecule has 0 aromatic carbocycles. The minimum atomic E-state index is -0.530. The van der Waals surface area contributed by atoms with Gasteiger partial charge in [0.25, 0.3) is 0 Å². The van der Waals surface area contributed by atoms with Crippen molar-refractivity contribution in [1.82, 2.24) is 10.3 Å². The highest BCUT2D eigenvalue weighted by molar-refractivity contribution is 7.14. The van der Waals surface area contributed by atoms with Crippen molar-refractivity contribution in [1.29, 1.82) is 0 Å². The second kappa shape index (κ2) is 5.61. The fourth-order valence-corrected chi connectivity index (χ4v) is 3.45. The van der Waals surface area contributed by atoms with Crippen LogP contribution in [0.4, 0.5) is 5.13 Å².